The number of amides is 1. The van der Waals surface area contributed by atoms with Crippen LogP contribution in [0.3, 0.4) is 0 Å². The second-order valence-corrected chi connectivity index (χ2v) is 4.58. The zero-order chi connectivity index (χ0) is 14.5. The van der Waals surface area contributed by atoms with E-state index >= 15 is 0 Å². The van der Waals surface area contributed by atoms with Crippen molar-refractivity contribution in [1.82, 2.24) is 5.32 Å². The second kappa shape index (κ2) is 6.82. The molecular formula is C11H18N2O7. The van der Waals surface area contributed by atoms with E-state index in [0.29, 0.717) is 26.2 Å². The molecule has 2 rings (SSSR count). The van der Waals surface area contributed by atoms with Crippen LogP contribution in [0.25, 0.3) is 0 Å². The van der Waals surface area contributed by atoms with E-state index < -0.39 is 17.3 Å². The molecule has 0 aromatic rings. The third-order valence-corrected chi connectivity index (χ3v) is 3.26. The summed E-state index contributed by atoms with van der Waals surface area (Å²) in [5.41, 5.74) is 0. The molecule has 0 radical (unpaired) electrons. The standard InChI is InChI=1S/C11H18N2O7/c1-2-9(14)12-3-4-17-7-5-18-11-8(20-13(15)16)6-19-10(7)11/h7-8,10-11H,2-6H2,1H3,(H,12,14)/t7-,8+,10+,11+/m0/s1. The summed E-state index contributed by atoms with van der Waals surface area (Å²) in [5.74, 6) is -0.0364. The zero-order valence-corrected chi connectivity index (χ0v) is 11.1. The van der Waals surface area contributed by atoms with Gasteiger partial charge in [-0.25, -0.2) is 0 Å². The first-order valence-corrected chi connectivity index (χ1v) is 6.54. The van der Waals surface area contributed by atoms with Gasteiger partial charge in [0, 0.05) is 13.0 Å². The number of hydrogen-bond donors (Lipinski definition) is 1. The summed E-state index contributed by atoms with van der Waals surface area (Å²) >= 11 is 0. The molecule has 2 aliphatic heterocycles. The highest BCUT2D eigenvalue weighted by molar-refractivity contribution is 5.75. The normalized spacial score (nSPS) is 31.9. The third kappa shape index (κ3) is 3.56. The van der Waals surface area contributed by atoms with Crippen LogP contribution in [0.2, 0.25) is 0 Å². The number of carbonyl (C=O) groups is 1. The molecule has 2 heterocycles. The van der Waals surface area contributed by atoms with Crippen LogP contribution in [0.15, 0.2) is 0 Å². The lowest BCUT2D eigenvalue weighted by molar-refractivity contribution is -0.769. The van der Waals surface area contributed by atoms with Crippen molar-refractivity contribution in [2.45, 2.75) is 37.8 Å². The third-order valence-electron chi connectivity index (χ3n) is 3.26. The Balaban J connectivity index is 1.71. The minimum absolute atomic E-state index is 0.0364. The summed E-state index contributed by atoms with van der Waals surface area (Å²) in [6, 6.07) is 0. The fourth-order valence-electron chi connectivity index (χ4n) is 2.30. The molecule has 0 aliphatic carbocycles. The quantitative estimate of drug-likeness (QED) is 0.374. The van der Waals surface area contributed by atoms with E-state index in [2.05, 4.69) is 10.2 Å². The minimum atomic E-state index is -0.839. The largest absolute Gasteiger partial charge is 0.371 e. The van der Waals surface area contributed by atoms with E-state index in [1.165, 1.54) is 0 Å². The Kier molecular flexibility index (Phi) is 5.10. The first-order chi connectivity index (χ1) is 9.61. The molecule has 0 spiro atoms. The number of ether oxygens (including phenoxy) is 3. The predicted molar refractivity (Wildman–Crippen MR) is 64.4 cm³/mol. The van der Waals surface area contributed by atoms with Crippen molar-refractivity contribution in [2.75, 3.05) is 26.4 Å². The Labute approximate surface area is 115 Å². The molecule has 0 aromatic carbocycles. The van der Waals surface area contributed by atoms with Crippen LogP contribution in [0.1, 0.15) is 13.3 Å². The van der Waals surface area contributed by atoms with Gasteiger partial charge in [0.05, 0.1) is 19.8 Å². The maximum Gasteiger partial charge on any atom is 0.294 e. The second-order valence-electron chi connectivity index (χ2n) is 4.58. The van der Waals surface area contributed by atoms with Crippen LogP contribution >= 0.6 is 0 Å². The van der Waals surface area contributed by atoms with Crippen LogP contribution in [-0.2, 0) is 23.8 Å². The van der Waals surface area contributed by atoms with E-state index in [-0.39, 0.29) is 24.7 Å². The van der Waals surface area contributed by atoms with E-state index in [4.69, 9.17) is 14.2 Å². The lowest BCUT2D eigenvalue weighted by Crippen LogP contribution is -2.36. The van der Waals surface area contributed by atoms with Gasteiger partial charge in [0.2, 0.25) is 5.91 Å². The van der Waals surface area contributed by atoms with Crippen LogP contribution in [-0.4, -0.2) is 61.8 Å². The highest BCUT2D eigenvalue weighted by atomic mass is 17.0. The van der Waals surface area contributed by atoms with Crippen LogP contribution in [0, 0.1) is 10.1 Å². The average molecular weight is 290 g/mol. The fraction of sp³-hybridized carbons (Fsp3) is 0.909. The molecule has 0 unspecified atom stereocenters. The first-order valence-electron chi connectivity index (χ1n) is 6.54. The van der Waals surface area contributed by atoms with Gasteiger partial charge in [0.1, 0.15) is 18.3 Å². The maximum atomic E-state index is 11.0. The molecule has 1 amide bonds. The average Bonchev–Trinajstić information content (AvgIpc) is 2.98. The van der Waals surface area contributed by atoms with E-state index in [1.807, 2.05) is 0 Å². The SMILES string of the molecule is CCC(=O)NCCO[C@H]1CO[C@H]2[C@@H]1OC[C@H]2O[N+](=O)[O-]. The summed E-state index contributed by atoms with van der Waals surface area (Å²) < 4.78 is 16.4. The van der Waals surface area contributed by atoms with Crippen molar-refractivity contribution in [2.24, 2.45) is 0 Å². The van der Waals surface area contributed by atoms with Gasteiger partial charge in [-0.15, -0.1) is 10.1 Å². The molecule has 2 fully saturated rings. The van der Waals surface area contributed by atoms with Crippen molar-refractivity contribution in [3.05, 3.63) is 10.1 Å². The van der Waals surface area contributed by atoms with Gasteiger partial charge in [-0.05, 0) is 0 Å². The molecule has 9 heteroatoms. The number of hydrogen-bond acceptors (Lipinski definition) is 7. The Morgan fingerprint density at radius 2 is 2.00 bits per heavy atom. The van der Waals surface area contributed by atoms with Gasteiger partial charge in [-0.3, -0.25) is 4.79 Å². The van der Waals surface area contributed by atoms with Gasteiger partial charge in [-0.2, -0.15) is 0 Å². The van der Waals surface area contributed by atoms with Crippen LogP contribution < -0.4 is 5.32 Å². The molecule has 2 aliphatic rings. The molecule has 114 valence electrons. The van der Waals surface area contributed by atoms with Crippen LogP contribution in [0.4, 0.5) is 0 Å². The van der Waals surface area contributed by atoms with Gasteiger partial charge < -0.3 is 24.4 Å². The number of carbonyl (C=O) groups excluding carboxylic acids is 1. The van der Waals surface area contributed by atoms with Crippen molar-refractivity contribution >= 4 is 5.91 Å². The smallest absolute Gasteiger partial charge is 0.294 e. The summed E-state index contributed by atoms with van der Waals surface area (Å²) in [7, 11) is 0. The molecule has 0 saturated carbocycles. The summed E-state index contributed by atoms with van der Waals surface area (Å²) in [6.45, 7) is 2.94. The molecule has 20 heavy (non-hydrogen) atoms. The summed E-state index contributed by atoms with van der Waals surface area (Å²) in [6.07, 6.45) is -1.40. The molecular weight excluding hydrogens is 272 g/mol. The predicted octanol–water partition coefficient (Wildman–Crippen LogP) is -0.728. The Morgan fingerprint density at radius 3 is 2.65 bits per heavy atom. The molecule has 2 saturated heterocycles. The molecule has 1 N–H and O–H groups in total. The highest BCUT2D eigenvalue weighted by Crippen LogP contribution is 2.30. The Bertz CT molecular complexity index is 365. The molecule has 0 aromatic heterocycles. The molecule has 0 bridgehead atoms. The van der Waals surface area contributed by atoms with Gasteiger partial charge in [0.25, 0.3) is 5.09 Å². The monoisotopic (exact) mass is 290 g/mol. The van der Waals surface area contributed by atoms with E-state index in [9.17, 15) is 14.9 Å². The van der Waals surface area contributed by atoms with Crippen LogP contribution in [0.5, 0.6) is 0 Å². The number of fused-ring (bicyclic) bond motifs is 1. The minimum Gasteiger partial charge on any atom is -0.371 e. The van der Waals surface area contributed by atoms with Crippen molar-refractivity contribution < 1.29 is 28.9 Å². The van der Waals surface area contributed by atoms with Crippen molar-refractivity contribution in [3.63, 3.8) is 0 Å². The lowest BCUT2D eigenvalue weighted by atomic mass is 10.1. The number of nitrogens with zero attached hydrogens (tertiary/aromatic N) is 1. The molecule has 9 nitrogen and oxygen atoms in total. The van der Waals surface area contributed by atoms with E-state index in [1.54, 1.807) is 6.92 Å². The Morgan fingerprint density at radius 1 is 1.35 bits per heavy atom. The number of nitrogens with one attached hydrogen (secondary N) is 1. The Hall–Kier alpha value is -1.45. The maximum absolute atomic E-state index is 11.0. The molecule has 4 atom stereocenters. The highest BCUT2D eigenvalue weighted by Gasteiger charge is 2.49. The summed E-state index contributed by atoms with van der Waals surface area (Å²) in [5, 5.41) is 12.2. The van der Waals surface area contributed by atoms with E-state index in [0.717, 1.165) is 0 Å². The van der Waals surface area contributed by atoms with Crippen molar-refractivity contribution in [3.8, 4) is 0 Å². The lowest BCUT2D eigenvalue weighted by Gasteiger charge is -2.16. The number of rotatable bonds is 7. The topological polar surface area (TPSA) is 109 Å². The van der Waals surface area contributed by atoms with Gasteiger partial charge >= 0.3 is 0 Å². The first kappa shape index (κ1) is 14.9. The fourth-order valence-corrected chi connectivity index (χ4v) is 2.30. The zero-order valence-electron chi connectivity index (χ0n) is 11.1. The summed E-state index contributed by atoms with van der Waals surface area (Å²) in [4.78, 5) is 25.9. The van der Waals surface area contributed by atoms with Gasteiger partial charge in [0.15, 0.2) is 6.10 Å². The van der Waals surface area contributed by atoms with Gasteiger partial charge in [-0.1, -0.05) is 6.92 Å². The van der Waals surface area contributed by atoms with Crippen molar-refractivity contribution in [1.29, 1.82) is 0 Å².